The topological polar surface area (TPSA) is 19.7 Å². The van der Waals surface area contributed by atoms with E-state index in [1.165, 1.54) is 0 Å². The Kier molecular flexibility index (Phi) is 1.84. The van der Waals surface area contributed by atoms with Gasteiger partial charge in [0.2, 0.25) is 6.33 Å². The zero-order chi connectivity index (χ0) is 8.39. The fourth-order valence-corrected chi connectivity index (χ4v) is 1.33. The van der Waals surface area contributed by atoms with Gasteiger partial charge >= 0.3 is 0 Å². The van der Waals surface area contributed by atoms with Crippen LogP contribution in [0.15, 0.2) is 43.0 Å². The first-order chi connectivity index (χ1) is 5.88. The molecule has 0 aliphatic rings. The summed E-state index contributed by atoms with van der Waals surface area (Å²) in [6, 6.07) is 7.72. The van der Waals surface area contributed by atoms with Crippen molar-refractivity contribution < 1.29 is 4.57 Å². The maximum Gasteiger partial charge on any atom is 0.246 e. The summed E-state index contributed by atoms with van der Waals surface area (Å²) in [5.41, 5.74) is 0.986. The first kappa shape index (κ1) is 7.37. The second kappa shape index (κ2) is 2.99. The molecule has 2 rings (SSSR count). The third-order valence-corrected chi connectivity index (χ3v) is 2.00. The Hall–Kier alpha value is -1.28. The lowest BCUT2D eigenvalue weighted by atomic mass is 10.3. The number of para-hydroxylation sites is 1. The molecular formula is C9H8ClN2+. The molecule has 60 valence electrons. The molecule has 2 aromatic rings. The molecule has 3 heteroatoms. The molecule has 0 spiro atoms. The zero-order valence-corrected chi connectivity index (χ0v) is 7.12. The van der Waals surface area contributed by atoms with Crippen LogP contribution in [0, 0.1) is 0 Å². The van der Waals surface area contributed by atoms with Crippen molar-refractivity contribution in [2.45, 2.75) is 0 Å². The average molecular weight is 180 g/mol. The van der Waals surface area contributed by atoms with Crippen LogP contribution in [0.3, 0.4) is 0 Å². The lowest BCUT2D eigenvalue weighted by Gasteiger charge is -1.96. The van der Waals surface area contributed by atoms with Gasteiger partial charge in [-0.1, -0.05) is 23.7 Å². The number of aromatic nitrogens is 2. The lowest BCUT2D eigenvalue weighted by molar-refractivity contribution is -0.594. The average Bonchev–Trinajstić information content (AvgIpc) is 2.57. The minimum absolute atomic E-state index is 0.752. The predicted octanol–water partition coefficient (Wildman–Crippen LogP) is 1.94. The molecule has 0 saturated carbocycles. The molecule has 1 N–H and O–H groups in total. The van der Waals surface area contributed by atoms with Gasteiger partial charge in [-0.25, -0.2) is 9.55 Å². The van der Waals surface area contributed by atoms with E-state index in [2.05, 4.69) is 4.98 Å². The summed E-state index contributed by atoms with van der Waals surface area (Å²) in [6.45, 7) is 0. The molecule has 0 atom stereocenters. The number of nitrogens with one attached hydrogen (secondary N) is 1. The molecule has 0 saturated heterocycles. The van der Waals surface area contributed by atoms with Crippen molar-refractivity contribution in [3.05, 3.63) is 48.0 Å². The van der Waals surface area contributed by atoms with Crippen molar-refractivity contribution in [2.75, 3.05) is 0 Å². The largest absolute Gasteiger partial charge is 0.250 e. The molecule has 0 bridgehead atoms. The summed E-state index contributed by atoms with van der Waals surface area (Å²) in [5.74, 6) is 0. The highest BCUT2D eigenvalue weighted by Crippen LogP contribution is 2.13. The molecule has 0 unspecified atom stereocenters. The number of benzene rings is 1. The Morgan fingerprint density at radius 3 is 2.75 bits per heavy atom. The van der Waals surface area contributed by atoms with E-state index < -0.39 is 0 Å². The first-order valence-corrected chi connectivity index (χ1v) is 4.04. The molecule has 1 aromatic carbocycles. The summed E-state index contributed by atoms with van der Waals surface area (Å²) < 4.78 is 1.93. The van der Waals surface area contributed by atoms with Crippen LogP contribution in [0.5, 0.6) is 0 Å². The van der Waals surface area contributed by atoms with Gasteiger partial charge in [-0.2, -0.15) is 0 Å². The highest BCUT2D eigenvalue weighted by molar-refractivity contribution is 6.32. The quantitative estimate of drug-likeness (QED) is 0.646. The van der Waals surface area contributed by atoms with E-state index >= 15 is 0 Å². The maximum absolute atomic E-state index is 5.98. The first-order valence-electron chi connectivity index (χ1n) is 3.67. The number of aromatic amines is 1. The SMILES string of the molecule is Clc1ccccc1-[n+]1cc[nH]c1. The van der Waals surface area contributed by atoms with Crippen LogP contribution >= 0.6 is 11.6 Å². The van der Waals surface area contributed by atoms with Gasteiger partial charge in [0.15, 0.2) is 5.69 Å². The summed E-state index contributed by atoms with van der Waals surface area (Å²) in [7, 11) is 0. The highest BCUT2D eigenvalue weighted by atomic mass is 35.5. The van der Waals surface area contributed by atoms with Crippen LogP contribution in [-0.2, 0) is 0 Å². The van der Waals surface area contributed by atoms with Gasteiger partial charge in [0.05, 0.1) is 5.02 Å². The predicted molar refractivity (Wildman–Crippen MR) is 47.3 cm³/mol. The van der Waals surface area contributed by atoms with Gasteiger partial charge in [-0.15, -0.1) is 0 Å². The number of hydrogen-bond donors (Lipinski definition) is 1. The van der Waals surface area contributed by atoms with Gasteiger partial charge in [0, 0.05) is 0 Å². The van der Waals surface area contributed by atoms with Crippen molar-refractivity contribution >= 4 is 11.6 Å². The second-order valence-electron chi connectivity index (χ2n) is 2.47. The Labute approximate surface area is 75.4 Å². The maximum atomic E-state index is 5.98. The number of rotatable bonds is 1. The van der Waals surface area contributed by atoms with E-state index in [1.807, 2.05) is 47.6 Å². The van der Waals surface area contributed by atoms with E-state index in [9.17, 15) is 0 Å². The molecule has 0 aliphatic heterocycles. The van der Waals surface area contributed by atoms with Crippen molar-refractivity contribution in [1.82, 2.24) is 4.98 Å². The normalized spacial score (nSPS) is 10.1. The fourth-order valence-electron chi connectivity index (χ4n) is 1.10. The number of halogens is 1. The molecule has 1 aromatic heterocycles. The standard InChI is InChI=1S/C9H7ClN2/c10-8-3-1-2-4-9(8)12-6-5-11-7-12/h1-7H/p+1. The summed E-state index contributed by atoms with van der Waals surface area (Å²) in [4.78, 5) is 2.96. The van der Waals surface area contributed by atoms with Crippen LogP contribution in [0.1, 0.15) is 0 Å². The fraction of sp³-hybridized carbons (Fsp3) is 0. The molecule has 0 amide bonds. The van der Waals surface area contributed by atoms with Gasteiger partial charge in [-0.3, -0.25) is 0 Å². The molecule has 2 nitrogen and oxygen atoms in total. The molecule has 12 heavy (non-hydrogen) atoms. The number of nitrogens with zero attached hydrogens (tertiary/aromatic N) is 1. The highest BCUT2D eigenvalue weighted by Gasteiger charge is 2.04. The molecule has 0 aliphatic carbocycles. The van der Waals surface area contributed by atoms with E-state index in [0.29, 0.717) is 0 Å². The Morgan fingerprint density at radius 1 is 1.25 bits per heavy atom. The van der Waals surface area contributed by atoms with Crippen molar-refractivity contribution in [1.29, 1.82) is 0 Å². The number of H-pyrrole nitrogens is 1. The van der Waals surface area contributed by atoms with Gasteiger partial charge < -0.3 is 0 Å². The van der Waals surface area contributed by atoms with Crippen LogP contribution in [0.25, 0.3) is 5.69 Å². The Morgan fingerprint density at radius 2 is 2.08 bits per heavy atom. The van der Waals surface area contributed by atoms with E-state index in [4.69, 9.17) is 11.6 Å². The van der Waals surface area contributed by atoms with Crippen LogP contribution in [-0.4, -0.2) is 4.98 Å². The van der Waals surface area contributed by atoms with Crippen LogP contribution in [0.2, 0.25) is 5.02 Å². The van der Waals surface area contributed by atoms with E-state index in [-0.39, 0.29) is 0 Å². The van der Waals surface area contributed by atoms with Crippen molar-refractivity contribution in [3.8, 4) is 5.69 Å². The third kappa shape index (κ3) is 1.21. The van der Waals surface area contributed by atoms with E-state index in [0.717, 1.165) is 10.7 Å². The van der Waals surface area contributed by atoms with Crippen molar-refractivity contribution in [2.24, 2.45) is 0 Å². The zero-order valence-electron chi connectivity index (χ0n) is 6.37. The third-order valence-electron chi connectivity index (χ3n) is 1.68. The summed E-state index contributed by atoms with van der Waals surface area (Å²) >= 11 is 5.98. The Balaban J connectivity index is 2.55. The van der Waals surface area contributed by atoms with Gasteiger partial charge in [-0.05, 0) is 12.1 Å². The lowest BCUT2D eigenvalue weighted by Crippen LogP contribution is -2.27. The Bertz CT molecular complexity index is 368. The number of hydrogen-bond acceptors (Lipinski definition) is 0. The minimum atomic E-state index is 0.752. The van der Waals surface area contributed by atoms with Crippen LogP contribution < -0.4 is 4.57 Å². The van der Waals surface area contributed by atoms with E-state index in [1.54, 1.807) is 0 Å². The minimum Gasteiger partial charge on any atom is -0.250 e. The summed E-state index contributed by atoms with van der Waals surface area (Å²) in [6.07, 6.45) is 5.62. The molecule has 0 fully saturated rings. The van der Waals surface area contributed by atoms with Gasteiger partial charge in [0.1, 0.15) is 12.4 Å². The van der Waals surface area contributed by atoms with Crippen molar-refractivity contribution in [3.63, 3.8) is 0 Å². The van der Waals surface area contributed by atoms with Gasteiger partial charge in [0.25, 0.3) is 0 Å². The summed E-state index contributed by atoms with van der Waals surface area (Å²) in [5, 5.41) is 0.752. The smallest absolute Gasteiger partial charge is 0.246 e. The molecule has 0 radical (unpaired) electrons. The number of imidazole rings is 1. The van der Waals surface area contributed by atoms with Crippen LogP contribution in [0.4, 0.5) is 0 Å². The molecular weight excluding hydrogens is 172 g/mol. The second-order valence-corrected chi connectivity index (χ2v) is 2.88. The molecule has 1 heterocycles. The monoisotopic (exact) mass is 179 g/mol.